The van der Waals surface area contributed by atoms with Crippen LogP contribution >= 0.6 is 27.3 Å². The normalized spacial score (nSPS) is 11.0. The lowest BCUT2D eigenvalue weighted by Crippen LogP contribution is -2.28. The molecule has 5 nitrogen and oxygen atoms in total. The highest BCUT2D eigenvalue weighted by Crippen LogP contribution is 2.26. The van der Waals surface area contributed by atoms with Crippen LogP contribution in [0.15, 0.2) is 58.4 Å². The molecule has 4 aromatic rings. The predicted octanol–water partition coefficient (Wildman–Crippen LogP) is 4.65. The second-order valence-corrected chi connectivity index (χ2v) is 8.06. The van der Waals surface area contributed by atoms with Crippen LogP contribution in [0.2, 0.25) is 0 Å². The number of benzene rings is 2. The molecule has 0 unspecified atom stereocenters. The third kappa shape index (κ3) is 4.09. The number of likely N-dealkylation sites (N-methyl/N-ethyl adjacent to an activating group) is 1. The molecule has 0 aliphatic rings. The lowest BCUT2D eigenvalue weighted by molar-refractivity contribution is -0.129. The lowest BCUT2D eigenvalue weighted by Gasteiger charge is -2.14. The van der Waals surface area contributed by atoms with E-state index in [2.05, 4.69) is 30.9 Å². The molecule has 0 fully saturated rings. The Bertz CT molecular complexity index is 1070. The van der Waals surface area contributed by atoms with Crippen LogP contribution < -0.4 is 0 Å². The van der Waals surface area contributed by atoms with E-state index in [0.29, 0.717) is 6.54 Å². The molecule has 4 rings (SSSR count). The zero-order chi connectivity index (χ0) is 18.8. The Morgan fingerprint density at radius 1 is 1.19 bits per heavy atom. The Balaban J connectivity index is 1.42. The van der Waals surface area contributed by atoms with Gasteiger partial charge in [-0.25, -0.2) is 9.97 Å². The van der Waals surface area contributed by atoms with E-state index < -0.39 is 0 Å². The molecule has 2 aromatic carbocycles. The van der Waals surface area contributed by atoms with Crippen LogP contribution in [0.5, 0.6) is 0 Å². The van der Waals surface area contributed by atoms with E-state index in [1.54, 1.807) is 23.3 Å². The molecule has 0 spiro atoms. The number of aromatic amines is 1. The second-order valence-electron chi connectivity index (χ2n) is 6.28. The first-order chi connectivity index (χ1) is 13.1. The number of nitrogens with zero attached hydrogens (tertiary/aromatic N) is 3. The molecule has 0 aliphatic heterocycles. The van der Waals surface area contributed by atoms with Crippen LogP contribution in [-0.2, 0) is 17.8 Å². The molecule has 27 heavy (non-hydrogen) atoms. The largest absolute Gasteiger partial charge is 0.340 e. The van der Waals surface area contributed by atoms with Crippen molar-refractivity contribution in [2.24, 2.45) is 0 Å². The van der Waals surface area contributed by atoms with Gasteiger partial charge in [0.1, 0.15) is 10.8 Å². The van der Waals surface area contributed by atoms with E-state index in [1.807, 2.05) is 53.9 Å². The molecule has 7 heteroatoms. The summed E-state index contributed by atoms with van der Waals surface area (Å²) in [6.07, 6.45) is 0.279. The summed E-state index contributed by atoms with van der Waals surface area (Å²) >= 11 is 5.03. The quantitative estimate of drug-likeness (QED) is 0.491. The number of halogens is 1. The Hall–Kier alpha value is -2.51. The first kappa shape index (κ1) is 17.9. The summed E-state index contributed by atoms with van der Waals surface area (Å²) < 4.78 is 1.01. The number of thiazole rings is 1. The van der Waals surface area contributed by atoms with Gasteiger partial charge < -0.3 is 9.88 Å². The highest BCUT2D eigenvalue weighted by atomic mass is 79.9. The maximum Gasteiger partial charge on any atom is 0.228 e. The van der Waals surface area contributed by atoms with Crippen LogP contribution in [0.1, 0.15) is 11.5 Å². The predicted molar refractivity (Wildman–Crippen MR) is 112 cm³/mol. The van der Waals surface area contributed by atoms with E-state index in [9.17, 15) is 4.79 Å². The number of para-hydroxylation sites is 2. The summed E-state index contributed by atoms with van der Waals surface area (Å²) in [4.78, 5) is 26.6. The van der Waals surface area contributed by atoms with Gasteiger partial charge in [0.2, 0.25) is 5.91 Å². The van der Waals surface area contributed by atoms with Crippen molar-refractivity contribution in [1.29, 1.82) is 0 Å². The molecule has 0 saturated carbocycles. The van der Waals surface area contributed by atoms with E-state index in [4.69, 9.17) is 0 Å². The third-order valence-corrected chi connectivity index (χ3v) is 5.64. The van der Waals surface area contributed by atoms with Crippen molar-refractivity contribution in [2.45, 2.75) is 13.0 Å². The summed E-state index contributed by atoms with van der Waals surface area (Å²) in [7, 11) is 1.79. The fourth-order valence-corrected chi connectivity index (χ4v) is 4.04. The van der Waals surface area contributed by atoms with Crippen molar-refractivity contribution >= 4 is 44.2 Å². The Morgan fingerprint density at radius 2 is 2.04 bits per heavy atom. The van der Waals surface area contributed by atoms with Crippen LogP contribution in [0.4, 0.5) is 0 Å². The van der Waals surface area contributed by atoms with Crippen LogP contribution in [0.25, 0.3) is 21.6 Å². The average molecular weight is 441 g/mol. The maximum atomic E-state index is 12.6. The van der Waals surface area contributed by atoms with E-state index in [0.717, 1.165) is 37.6 Å². The SMILES string of the molecule is CN(Cc1nc2ccccc2[nH]1)C(=O)Cc1csc(-c2cccc(Br)c2)n1. The van der Waals surface area contributed by atoms with E-state index >= 15 is 0 Å². The summed E-state index contributed by atoms with van der Waals surface area (Å²) in [5.74, 6) is 0.793. The number of nitrogens with one attached hydrogen (secondary N) is 1. The highest BCUT2D eigenvalue weighted by molar-refractivity contribution is 9.10. The number of amides is 1. The number of imidazole rings is 1. The minimum atomic E-state index is 0.0153. The fourth-order valence-electron chi connectivity index (χ4n) is 2.83. The molecular weight excluding hydrogens is 424 g/mol. The van der Waals surface area contributed by atoms with Gasteiger partial charge in [-0.3, -0.25) is 4.79 Å². The van der Waals surface area contributed by atoms with Gasteiger partial charge in [-0.15, -0.1) is 11.3 Å². The number of fused-ring (bicyclic) bond motifs is 1. The van der Waals surface area contributed by atoms with Gasteiger partial charge in [-0.1, -0.05) is 40.2 Å². The molecule has 1 N–H and O–H groups in total. The van der Waals surface area contributed by atoms with Gasteiger partial charge in [-0.2, -0.15) is 0 Å². The maximum absolute atomic E-state index is 12.6. The lowest BCUT2D eigenvalue weighted by atomic mass is 10.2. The molecule has 0 saturated heterocycles. The van der Waals surface area contributed by atoms with Crippen molar-refractivity contribution in [3.8, 4) is 10.6 Å². The van der Waals surface area contributed by atoms with Gasteiger partial charge in [0.05, 0.1) is 29.7 Å². The van der Waals surface area contributed by atoms with Gasteiger partial charge in [-0.05, 0) is 24.3 Å². The zero-order valence-electron chi connectivity index (χ0n) is 14.6. The topological polar surface area (TPSA) is 61.9 Å². The van der Waals surface area contributed by atoms with Gasteiger partial charge in [0.25, 0.3) is 0 Å². The molecular formula is C20H17BrN4OS. The van der Waals surface area contributed by atoms with Crippen molar-refractivity contribution in [3.63, 3.8) is 0 Å². The van der Waals surface area contributed by atoms with Crippen molar-refractivity contribution < 1.29 is 4.79 Å². The molecule has 0 radical (unpaired) electrons. The minimum Gasteiger partial charge on any atom is -0.340 e. The van der Waals surface area contributed by atoms with Crippen LogP contribution in [-0.4, -0.2) is 32.8 Å². The molecule has 1 amide bonds. The minimum absolute atomic E-state index is 0.0153. The first-order valence-corrected chi connectivity index (χ1v) is 10.1. The number of hydrogen-bond donors (Lipinski definition) is 1. The molecule has 2 aromatic heterocycles. The van der Waals surface area contributed by atoms with E-state index in [-0.39, 0.29) is 12.3 Å². The summed E-state index contributed by atoms with van der Waals surface area (Å²) in [5, 5.41) is 2.86. The molecule has 0 bridgehead atoms. The summed E-state index contributed by atoms with van der Waals surface area (Å²) in [5.41, 5.74) is 3.72. The molecule has 0 atom stereocenters. The smallest absolute Gasteiger partial charge is 0.228 e. The van der Waals surface area contributed by atoms with Crippen LogP contribution in [0, 0.1) is 0 Å². The number of H-pyrrole nitrogens is 1. The van der Waals surface area contributed by atoms with Crippen molar-refractivity contribution in [1.82, 2.24) is 19.9 Å². The monoisotopic (exact) mass is 440 g/mol. The molecule has 2 heterocycles. The summed E-state index contributed by atoms with van der Waals surface area (Å²) in [6, 6.07) is 15.8. The number of hydrogen-bond acceptors (Lipinski definition) is 4. The number of carbonyl (C=O) groups is 1. The number of rotatable bonds is 5. The van der Waals surface area contributed by atoms with Crippen LogP contribution in [0.3, 0.4) is 0 Å². The Labute approximate surface area is 169 Å². The molecule has 0 aliphatic carbocycles. The Kier molecular flexibility index (Phi) is 5.05. The second kappa shape index (κ2) is 7.62. The zero-order valence-corrected chi connectivity index (χ0v) is 17.0. The first-order valence-electron chi connectivity index (χ1n) is 8.46. The van der Waals surface area contributed by atoms with Crippen molar-refractivity contribution in [3.05, 3.63) is 69.9 Å². The fraction of sp³-hybridized carbons (Fsp3) is 0.150. The van der Waals surface area contributed by atoms with Gasteiger partial charge >= 0.3 is 0 Å². The molecule has 136 valence electrons. The average Bonchev–Trinajstić information content (AvgIpc) is 3.28. The third-order valence-electron chi connectivity index (χ3n) is 4.21. The number of aromatic nitrogens is 3. The standard InChI is InChI=1S/C20H17BrN4OS/c1-25(11-18-23-16-7-2-3-8-17(16)24-18)19(26)10-15-12-27-20(22-15)13-5-4-6-14(21)9-13/h2-9,12H,10-11H2,1H3,(H,23,24). The number of carbonyl (C=O) groups excluding carboxylic acids is 1. The highest BCUT2D eigenvalue weighted by Gasteiger charge is 2.15. The van der Waals surface area contributed by atoms with E-state index in [1.165, 1.54) is 0 Å². The van der Waals surface area contributed by atoms with Crippen molar-refractivity contribution in [2.75, 3.05) is 7.05 Å². The van der Waals surface area contributed by atoms with Gasteiger partial charge in [0, 0.05) is 22.5 Å². The van der Waals surface area contributed by atoms with Gasteiger partial charge in [0.15, 0.2) is 0 Å². The summed E-state index contributed by atoms with van der Waals surface area (Å²) in [6.45, 7) is 0.441. The Morgan fingerprint density at radius 3 is 2.85 bits per heavy atom.